The maximum Gasteiger partial charge on any atom is 0.258 e. The van der Waals surface area contributed by atoms with Crippen LogP contribution in [0.2, 0.25) is 0 Å². The molecule has 17 heavy (non-hydrogen) atoms. The van der Waals surface area contributed by atoms with Crippen LogP contribution in [0.1, 0.15) is 5.82 Å². The number of hydrogen-bond acceptors (Lipinski definition) is 5. The average molecular weight is 298 g/mol. The number of aromatic nitrogens is 2. The number of benzene rings is 1. The molecule has 0 radical (unpaired) electrons. The molecule has 5 nitrogen and oxygen atoms in total. The third-order valence-electron chi connectivity index (χ3n) is 2.12. The van der Waals surface area contributed by atoms with Gasteiger partial charge in [-0.1, -0.05) is 5.16 Å². The fourth-order valence-corrected chi connectivity index (χ4v) is 1.61. The molecule has 1 aromatic heterocycles. The van der Waals surface area contributed by atoms with Crippen LogP contribution >= 0.6 is 15.9 Å². The Morgan fingerprint density at radius 1 is 1.41 bits per heavy atom. The van der Waals surface area contributed by atoms with Crippen LogP contribution in [0.25, 0.3) is 11.5 Å². The maximum atomic E-state index is 9.57. The van der Waals surface area contributed by atoms with Gasteiger partial charge < -0.3 is 14.5 Å². The van der Waals surface area contributed by atoms with Gasteiger partial charge in [-0.05, 0) is 48.2 Å². The second-order valence-electron chi connectivity index (χ2n) is 3.92. The first-order valence-electron chi connectivity index (χ1n) is 5.02. The standard InChI is InChI=1S/C11H12BrN3O2/c1-15(2)6-10-13-11(17-14-10)7-3-4-8(12)9(16)5-7/h3-5,16H,6H2,1-2H3. The minimum absolute atomic E-state index is 0.148. The van der Waals surface area contributed by atoms with E-state index in [9.17, 15) is 5.11 Å². The van der Waals surface area contributed by atoms with Gasteiger partial charge in [0.1, 0.15) is 5.75 Å². The molecule has 0 bridgehead atoms. The van der Waals surface area contributed by atoms with E-state index < -0.39 is 0 Å². The Morgan fingerprint density at radius 2 is 2.18 bits per heavy atom. The van der Waals surface area contributed by atoms with Crippen molar-refractivity contribution in [3.05, 3.63) is 28.5 Å². The Labute approximate surface area is 107 Å². The number of aromatic hydroxyl groups is 1. The molecule has 1 aromatic carbocycles. The second-order valence-corrected chi connectivity index (χ2v) is 4.77. The number of hydrogen-bond donors (Lipinski definition) is 1. The highest BCUT2D eigenvalue weighted by Crippen LogP contribution is 2.28. The molecular weight excluding hydrogens is 286 g/mol. The van der Waals surface area contributed by atoms with Gasteiger partial charge in [0.15, 0.2) is 5.82 Å². The molecule has 0 aliphatic carbocycles. The van der Waals surface area contributed by atoms with Crippen LogP contribution in [0.3, 0.4) is 0 Å². The quantitative estimate of drug-likeness (QED) is 0.941. The first kappa shape index (κ1) is 12.1. The molecule has 0 amide bonds. The summed E-state index contributed by atoms with van der Waals surface area (Å²) in [5.41, 5.74) is 0.697. The first-order chi connectivity index (χ1) is 8.06. The predicted molar refractivity (Wildman–Crippen MR) is 66.5 cm³/mol. The van der Waals surface area contributed by atoms with Crippen molar-refractivity contribution in [2.75, 3.05) is 14.1 Å². The van der Waals surface area contributed by atoms with Gasteiger partial charge in [0.25, 0.3) is 5.89 Å². The van der Waals surface area contributed by atoms with Crippen molar-refractivity contribution in [2.24, 2.45) is 0 Å². The Morgan fingerprint density at radius 3 is 2.82 bits per heavy atom. The molecule has 0 fully saturated rings. The van der Waals surface area contributed by atoms with Crippen molar-refractivity contribution < 1.29 is 9.63 Å². The van der Waals surface area contributed by atoms with Crippen molar-refractivity contribution in [2.45, 2.75) is 6.54 Å². The van der Waals surface area contributed by atoms with Crippen LogP contribution in [-0.4, -0.2) is 34.2 Å². The summed E-state index contributed by atoms with van der Waals surface area (Å²) in [5.74, 6) is 1.17. The molecule has 0 unspecified atom stereocenters. The molecule has 2 aromatic rings. The van der Waals surface area contributed by atoms with E-state index >= 15 is 0 Å². The van der Waals surface area contributed by atoms with Crippen LogP contribution in [0.5, 0.6) is 5.75 Å². The van der Waals surface area contributed by atoms with E-state index in [2.05, 4.69) is 26.1 Å². The molecule has 1 N–H and O–H groups in total. The Balaban J connectivity index is 2.27. The van der Waals surface area contributed by atoms with Crippen molar-refractivity contribution in [3.8, 4) is 17.2 Å². The molecule has 0 atom stereocenters. The average Bonchev–Trinajstić information content (AvgIpc) is 2.69. The minimum atomic E-state index is 0.148. The molecule has 1 heterocycles. The highest BCUT2D eigenvalue weighted by Gasteiger charge is 2.10. The van der Waals surface area contributed by atoms with Crippen molar-refractivity contribution in [1.29, 1.82) is 0 Å². The summed E-state index contributed by atoms with van der Waals surface area (Å²) in [5, 5.41) is 13.4. The van der Waals surface area contributed by atoms with E-state index in [1.807, 2.05) is 19.0 Å². The zero-order valence-corrected chi connectivity index (χ0v) is 11.1. The molecule has 0 spiro atoms. The molecule has 2 rings (SSSR count). The highest BCUT2D eigenvalue weighted by molar-refractivity contribution is 9.10. The number of phenols is 1. The molecule has 6 heteroatoms. The van der Waals surface area contributed by atoms with Gasteiger partial charge in [-0.15, -0.1) is 0 Å². The second kappa shape index (κ2) is 4.85. The van der Waals surface area contributed by atoms with Gasteiger partial charge in [-0.3, -0.25) is 0 Å². The Hall–Kier alpha value is -1.40. The molecular formula is C11H12BrN3O2. The van der Waals surface area contributed by atoms with Gasteiger partial charge >= 0.3 is 0 Å². The van der Waals surface area contributed by atoms with Crippen LogP contribution in [0, 0.1) is 0 Å². The third kappa shape index (κ3) is 2.83. The summed E-state index contributed by atoms with van der Waals surface area (Å²) >= 11 is 3.22. The summed E-state index contributed by atoms with van der Waals surface area (Å²) < 4.78 is 5.77. The summed E-state index contributed by atoms with van der Waals surface area (Å²) in [4.78, 5) is 6.20. The van der Waals surface area contributed by atoms with E-state index in [4.69, 9.17) is 4.52 Å². The number of rotatable bonds is 3. The fraction of sp³-hybridized carbons (Fsp3) is 0.273. The first-order valence-corrected chi connectivity index (χ1v) is 5.82. The molecule has 0 aliphatic rings. The summed E-state index contributed by atoms with van der Waals surface area (Å²) in [6, 6.07) is 5.12. The predicted octanol–water partition coefficient (Wildman–Crippen LogP) is 2.27. The normalized spacial score (nSPS) is 11.1. The van der Waals surface area contributed by atoms with Crippen LogP contribution < -0.4 is 0 Å². The lowest BCUT2D eigenvalue weighted by Crippen LogP contribution is -2.11. The number of phenolic OH excluding ortho intramolecular Hbond substituents is 1. The van der Waals surface area contributed by atoms with Gasteiger partial charge in [0.2, 0.25) is 0 Å². The summed E-state index contributed by atoms with van der Waals surface area (Å²) in [7, 11) is 3.86. The van der Waals surface area contributed by atoms with E-state index in [1.165, 1.54) is 0 Å². The Bertz CT molecular complexity index is 525. The molecule has 0 saturated heterocycles. The minimum Gasteiger partial charge on any atom is -0.507 e. The van der Waals surface area contributed by atoms with Crippen molar-refractivity contribution in [1.82, 2.24) is 15.0 Å². The van der Waals surface area contributed by atoms with Crippen LogP contribution in [-0.2, 0) is 6.54 Å². The summed E-state index contributed by atoms with van der Waals surface area (Å²) in [6.45, 7) is 0.617. The van der Waals surface area contributed by atoms with Crippen LogP contribution in [0.15, 0.2) is 27.2 Å². The zero-order valence-electron chi connectivity index (χ0n) is 9.51. The number of halogens is 1. The van der Waals surface area contributed by atoms with Crippen molar-refractivity contribution in [3.63, 3.8) is 0 Å². The fourth-order valence-electron chi connectivity index (χ4n) is 1.36. The molecule has 0 saturated carbocycles. The van der Waals surface area contributed by atoms with Crippen molar-refractivity contribution >= 4 is 15.9 Å². The van der Waals surface area contributed by atoms with Gasteiger partial charge in [0, 0.05) is 5.56 Å². The van der Waals surface area contributed by atoms with E-state index in [0.29, 0.717) is 28.3 Å². The smallest absolute Gasteiger partial charge is 0.258 e. The topological polar surface area (TPSA) is 62.4 Å². The lowest BCUT2D eigenvalue weighted by atomic mass is 10.2. The van der Waals surface area contributed by atoms with Gasteiger partial charge in [-0.25, -0.2) is 0 Å². The monoisotopic (exact) mass is 297 g/mol. The summed E-state index contributed by atoms with van der Waals surface area (Å²) in [6.07, 6.45) is 0. The van der Waals surface area contributed by atoms with Gasteiger partial charge in [0.05, 0.1) is 11.0 Å². The molecule has 90 valence electrons. The van der Waals surface area contributed by atoms with Crippen LogP contribution in [0.4, 0.5) is 0 Å². The third-order valence-corrected chi connectivity index (χ3v) is 2.79. The zero-order chi connectivity index (χ0) is 12.4. The van der Waals surface area contributed by atoms with E-state index in [1.54, 1.807) is 18.2 Å². The van der Waals surface area contributed by atoms with E-state index in [0.717, 1.165) is 0 Å². The lowest BCUT2D eigenvalue weighted by Gasteiger charge is -2.03. The maximum absolute atomic E-state index is 9.57. The lowest BCUT2D eigenvalue weighted by molar-refractivity contribution is 0.365. The largest absolute Gasteiger partial charge is 0.507 e. The molecule has 0 aliphatic heterocycles. The highest BCUT2D eigenvalue weighted by atomic mass is 79.9. The van der Waals surface area contributed by atoms with Gasteiger partial charge in [-0.2, -0.15) is 4.98 Å². The SMILES string of the molecule is CN(C)Cc1noc(-c2ccc(Br)c(O)c2)n1. The Kier molecular flexibility index (Phi) is 3.44. The number of nitrogens with zero attached hydrogens (tertiary/aromatic N) is 3. The van der Waals surface area contributed by atoms with E-state index in [-0.39, 0.29) is 5.75 Å².